The highest BCUT2D eigenvalue weighted by molar-refractivity contribution is 6.57. The van der Waals surface area contributed by atoms with Crippen LogP contribution < -0.4 is 0 Å². The van der Waals surface area contributed by atoms with E-state index in [1.54, 1.807) is 0 Å². The molecular formula is C15H36N2OSi2. The zero-order valence-electron chi connectivity index (χ0n) is 14.8. The summed E-state index contributed by atoms with van der Waals surface area (Å²) in [7, 11) is -0.941. The molecule has 1 rings (SSSR count). The predicted molar refractivity (Wildman–Crippen MR) is 95.1 cm³/mol. The lowest BCUT2D eigenvalue weighted by atomic mass is 10.0. The van der Waals surface area contributed by atoms with E-state index in [0.29, 0.717) is 11.6 Å². The maximum absolute atomic E-state index is 5.82. The molecule has 120 valence electrons. The summed E-state index contributed by atoms with van der Waals surface area (Å²) in [5.41, 5.74) is 1.17. The van der Waals surface area contributed by atoms with Crippen molar-refractivity contribution in [2.24, 2.45) is 0 Å². The normalized spacial score (nSPS) is 23.6. The first-order valence-electron chi connectivity index (χ1n) is 8.32. The van der Waals surface area contributed by atoms with Crippen LogP contribution in [0.25, 0.3) is 0 Å². The van der Waals surface area contributed by atoms with Gasteiger partial charge >= 0.3 is 0 Å². The average molecular weight is 317 g/mol. The van der Waals surface area contributed by atoms with Gasteiger partial charge < -0.3 is 9.33 Å². The number of piperazine rings is 1. The van der Waals surface area contributed by atoms with E-state index in [2.05, 4.69) is 57.5 Å². The largest absolute Gasteiger partial charge is 0.422 e. The molecule has 3 nitrogen and oxygen atoms in total. The van der Waals surface area contributed by atoms with Gasteiger partial charge in [0, 0.05) is 36.9 Å². The van der Waals surface area contributed by atoms with Crippen molar-refractivity contribution in [2.45, 2.75) is 71.1 Å². The molecule has 5 heteroatoms. The van der Waals surface area contributed by atoms with Crippen LogP contribution in [0, 0.1) is 0 Å². The Morgan fingerprint density at radius 1 is 1.25 bits per heavy atom. The first-order valence-corrected chi connectivity index (χ1v) is 12.9. The minimum Gasteiger partial charge on any atom is -0.422 e. The maximum Gasteiger partial charge on any atom is 0.163 e. The highest BCUT2D eigenvalue weighted by Crippen LogP contribution is 2.21. The molecule has 0 radical (unpaired) electrons. The highest BCUT2D eigenvalue weighted by atomic mass is 28.3. The molecule has 1 saturated heterocycles. The van der Waals surface area contributed by atoms with Gasteiger partial charge in [-0.3, -0.25) is 4.90 Å². The Kier molecular flexibility index (Phi) is 7.42. The summed E-state index contributed by atoms with van der Waals surface area (Å²) in [6.07, 6.45) is 0.426. The van der Waals surface area contributed by atoms with Crippen molar-refractivity contribution in [1.82, 2.24) is 9.80 Å². The quantitative estimate of drug-likeness (QED) is 0.548. The molecule has 1 aliphatic heterocycles. The number of rotatable bonds is 6. The van der Waals surface area contributed by atoms with Gasteiger partial charge in [0.25, 0.3) is 0 Å². The van der Waals surface area contributed by atoms with Crippen molar-refractivity contribution in [3.63, 3.8) is 0 Å². The third-order valence-corrected chi connectivity index (χ3v) is 7.97. The van der Waals surface area contributed by atoms with Gasteiger partial charge in [0.05, 0.1) is 8.80 Å². The van der Waals surface area contributed by atoms with Gasteiger partial charge in [0.15, 0.2) is 9.76 Å². The molecule has 0 amide bonds. The van der Waals surface area contributed by atoms with Crippen LogP contribution in [0.4, 0.5) is 0 Å². The molecule has 0 aromatic heterocycles. The molecule has 0 aromatic carbocycles. The molecule has 0 N–H and O–H groups in total. The Hall–Kier alpha value is 0.314. The summed E-state index contributed by atoms with van der Waals surface area (Å²) < 4.78 is 5.82. The molecular weight excluding hydrogens is 280 g/mol. The highest BCUT2D eigenvalue weighted by Gasteiger charge is 2.33. The SMILES string of the molecule is CC(C)O[SiH2]CCN1CCN(C(C)(C)C)CC1[SiH](C)C. The van der Waals surface area contributed by atoms with Gasteiger partial charge in [-0.15, -0.1) is 0 Å². The lowest BCUT2D eigenvalue weighted by molar-refractivity contribution is 0.0487. The number of hydrogen-bond acceptors (Lipinski definition) is 3. The molecule has 0 aromatic rings. The molecule has 1 atom stereocenters. The first kappa shape index (κ1) is 18.4. The zero-order valence-corrected chi connectivity index (χ0v) is 17.3. The molecule has 20 heavy (non-hydrogen) atoms. The van der Waals surface area contributed by atoms with E-state index in [9.17, 15) is 0 Å². The summed E-state index contributed by atoms with van der Waals surface area (Å²) in [6, 6.07) is 1.31. The standard InChI is InChI=1S/C15H36N2OSi2/c1-13(2)18-19-11-10-16-8-9-17(15(3,4)5)12-14(16)20(6)7/h13-14,20H,8-12,19H2,1-7H3. The van der Waals surface area contributed by atoms with E-state index >= 15 is 0 Å². The third kappa shape index (κ3) is 5.97. The summed E-state index contributed by atoms with van der Waals surface area (Å²) in [6.45, 7) is 21.4. The van der Waals surface area contributed by atoms with Crippen molar-refractivity contribution >= 4 is 18.6 Å². The van der Waals surface area contributed by atoms with Crippen LogP contribution in [0.5, 0.6) is 0 Å². The second-order valence-corrected chi connectivity index (χ2v) is 12.4. The van der Waals surface area contributed by atoms with Crippen LogP contribution in [-0.2, 0) is 4.43 Å². The Bertz CT molecular complexity index is 280. The fourth-order valence-electron chi connectivity index (χ4n) is 2.95. The summed E-state index contributed by atoms with van der Waals surface area (Å²) >= 11 is 0. The number of hydrogen-bond donors (Lipinski definition) is 0. The van der Waals surface area contributed by atoms with Gasteiger partial charge in [-0.2, -0.15) is 0 Å². The zero-order chi connectivity index (χ0) is 15.3. The summed E-state index contributed by atoms with van der Waals surface area (Å²) in [4.78, 5) is 5.46. The smallest absolute Gasteiger partial charge is 0.163 e. The van der Waals surface area contributed by atoms with E-state index in [-0.39, 0.29) is 9.76 Å². The third-order valence-electron chi connectivity index (χ3n) is 4.29. The van der Waals surface area contributed by atoms with Gasteiger partial charge in [0.2, 0.25) is 0 Å². The average Bonchev–Trinajstić information content (AvgIpc) is 2.33. The Labute approximate surface area is 130 Å². The second kappa shape index (κ2) is 8.08. The fraction of sp³-hybridized carbons (Fsp3) is 1.00. The van der Waals surface area contributed by atoms with Crippen LogP contribution in [0.3, 0.4) is 0 Å². The molecule has 0 spiro atoms. The van der Waals surface area contributed by atoms with Crippen molar-refractivity contribution in [1.29, 1.82) is 0 Å². The van der Waals surface area contributed by atoms with Crippen LogP contribution in [-0.4, -0.2) is 71.8 Å². The van der Waals surface area contributed by atoms with Gasteiger partial charge in [-0.1, -0.05) is 13.1 Å². The minimum atomic E-state index is -0.633. The predicted octanol–water partition coefficient (Wildman–Crippen LogP) is 1.72. The Balaban J connectivity index is 2.47. The summed E-state index contributed by atoms with van der Waals surface area (Å²) in [5, 5.41) is 0. The van der Waals surface area contributed by atoms with E-state index in [1.807, 2.05) is 0 Å². The lowest BCUT2D eigenvalue weighted by Gasteiger charge is -2.48. The van der Waals surface area contributed by atoms with E-state index < -0.39 is 8.80 Å². The van der Waals surface area contributed by atoms with E-state index in [1.165, 1.54) is 32.2 Å². The molecule has 0 saturated carbocycles. The van der Waals surface area contributed by atoms with Crippen LogP contribution in [0.15, 0.2) is 0 Å². The van der Waals surface area contributed by atoms with Crippen LogP contribution in [0.1, 0.15) is 34.6 Å². The van der Waals surface area contributed by atoms with E-state index in [4.69, 9.17) is 4.43 Å². The molecule has 0 aliphatic carbocycles. The number of nitrogens with zero attached hydrogens (tertiary/aromatic N) is 2. The molecule has 1 unspecified atom stereocenters. The van der Waals surface area contributed by atoms with Gasteiger partial charge in [-0.05, 0) is 47.2 Å². The van der Waals surface area contributed by atoms with Gasteiger partial charge in [-0.25, -0.2) is 0 Å². The van der Waals surface area contributed by atoms with Gasteiger partial charge in [0.1, 0.15) is 0 Å². The summed E-state index contributed by atoms with van der Waals surface area (Å²) in [5.74, 6) is 0. The van der Waals surface area contributed by atoms with Crippen LogP contribution >= 0.6 is 0 Å². The van der Waals surface area contributed by atoms with E-state index in [0.717, 1.165) is 5.67 Å². The molecule has 1 aliphatic rings. The second-order valence-electron chi connectivity index (χ2n) is 7.74. The maximum atomic E-state index is 5.82. The first-order chi connectivity index (χ1) is 9.21. The monoisotopic (exact) mass is 316 g/mol. The Morgan fingerprint density at radius 3 is 2.40 bits per heavy atom. The van der Waals surface area contributed by atoms with Crippen molar-refractivity contribution in [3.05, 3.63) is 0 Å². The molecule has 0 bridgehead atoms. The molecule has 1 fully saturated rings. The van der Waals surface area contributed by atoms with Crippen LogP contribution in [0.2, 0.25) is 19.1 Å². The van der Waals surface area contributed by atoms with Crippen molar-refractivity contribution in [2.75, 3.05) is 26.2 Å². The Morgan fingerprint density at radius 2 is 1.90 bits per heavy atom. The fourth-order valence-corrected chi connectivity index (χ4v) is 5.94. The van der Waals surface area contributed by atoms with Crippen molar-refractivity contribution < 1.29 is 4.43 Å². The topological polar surface area (TPSA) is 15.7 Å². The molecule has 1 heterocycles. The van der Waals surface area contributed by atoms with Crippen molar-refractivity contribution in [3.8, 4) is 0 Å². The lowest BCUT2D eigenvalue weighted by Crippen LogP contribution is -2.61. The minimum absolute atomic E-state index is 0.309.